The molecule has 0 aromatic rings. The molecule has 0 saturated carbocycles. The summed E-state index contributed by atoms with van der Waals surface area (Å²) in [6.45, 7) is 23.8. The molecule has 0 atom stereocenters. The van der Waals surface area contributed by atoms with Crippen LogP contribution in [0.3, 0.4) is 0 Å². The Labute approximate surface area is 134 Å². The van der Waals surface area contributed by atoms with E-state index >= 15 is 8.78 Å². The quantitative estimate of drug-likeness (QED) is 0.452. The molecule has 0 spiro atoms. The van der Waals surface area contributed by atoms with Gasteiger partial charge in [-0.1, -0.05) is 83.1 Å². The monoisotopic (exact) mass is 340 g/mol. The van der Waals surface area contributed by atoms with Crippen LogP contribution in [0.4, 0.5) is 8.78 Å². The molecule has 0 radical (unpaired) electrons. The van der Waals surface area contributed by atoms with Gasteiger partial charge in [0.2, 0.25) is 0 Å². The van der Waals surface area contributed by atoms with Crippen LogP contribution in [0.1, 0.15) is 83.1 Å². The minimum absolute atomic E-state index is 0.367. The van der Waals surface area contributed by atoms with Gasteiger partial charge in [-0.25, -0.2) is 0 Å². The smallest absolute Gasteiger partial charge is 0.197 e. The average Bonchev–Trinajstić information content (AvgIpc) is 1.84. The fraction of sp³-hybridized carbons (Fsp3) is 1.00. The molecule has 0 aliphatic rings. The van der Waals surface area contributed by atoms with Crippen molar-refractivity contribution in [3.63, 3.8) is 0 Å². The Hall–Kier alpha value is 0.720. The third kappa shape index (κ3) is 5.39. The van der Waals surface area contributed by atoms with E-state index in [-0.39, 0.29) is 20.6 Å². The number of hydrogen-bond donors (Lipinski definition) is 0. The topological polar surface area (TPSA) is 0 Å². The molecule has 0 aromatic heterocycles. The Morgan fingerprint density at radius 3 is 0.667 bits per heavy atom. The summed E-state index contributed by atoms with van der Waals surface area (Å²) in [7, 11) is -2.92. The number of alkyl halides is 2. The first-order chi connectivity index (χ1) is 8.73. The van der Waals surface area contributed by atoms with Gasteiger partial charge >= 0.3 is 0 Å². The van der Waals surface area contributed by atoms with Gasteiger partial charge in [0.25, 0.3) is 5.40 Å². The van der Waals surface area contributed by atoms with Crippen LogP contribution >= 0.6 is 15.8 Å². The molecular weight excluding hydrogens is 304 g/mol. The Morgan fingerprint density at radius 2 is 0.571 bits per heavy atom. The highest BCUT2D eigenvalue weighted by Gasteiger charge is 2.61. The highest BCUT2D eigenvalue weighted by atomic mass is 31.2. The first kappa shape index (κ1) is 21.7. The van der Waals surface area contributed by atoms with E-state index in [2.05, 4.69) is 0 Å². The second-order valence-electron chi connectivity index (χ2n) is 9.86. The molecule has 0 aliphatic carbocycles. The fourth-order valence-corrected chi connectivity index (χ4v) is 15.4. The molecule has 0 aliphatic heterocycles. The van der Waals surface area contributed by atoms with Crippen molar-refractivity contribution in [2.24, 2.45) is 0 Å². The molecule has 0 heterocycles. The van der Waals surface area contributed by atoms with Crippen molar-refractivity contribution in [1.29, 1.82) is 0 Å². The molecule has 4 heteroatoms. The normalized spacial score (nSPS) is 16.0. The summed E-state index contributed by atoms with van der Waals surface area (Å²) in [6, 6.07) is 0. The van der Waals surface area contributed by atoms with Crippen molar-refractivity contribution in [3.8, 4) is 0 Å². The van der Waals surface area contributed by atoms with Gasteiger partial charge in [0.05, 0.1) is 0 Å². The van der Waals surface area contributed by atoms with Crippen molar-refractivity contribution in [2.45, 2.75) is 109 Å². The van der Waals surface area contributed by atoms with Crippen LogP contribution in [0.15, 0.2) is 0 Å². The van der Waals surface area contributed by atoms with Crippen LogP contribution in [0.2, 0.25) is 0 Å². The summed E-state index contributed by atoms with van der Waals surface area (Å²) in [5.74, 6) is 0. The molecule has 0 N–H and O–H groups in total. The molecule has 0 aromatic carbocycles. The number of hydrogen-bond acceptors (Lipinski definition) is 0. The SMILES string of the molecule is CC(C)(C)P(C(C)(C)C)C(F)(F)P(C(C)(C)C)C(C)(C)C. The van der Waals surface area contributed by atoms with Crippen molar-refractivity contribution in [3.05, 3.63) is 0 Å². The Bertz CT molecular complexity index is 287. The minimum Gasteiger partial charge on any atom is -0.197 e. The van der Waals surface area contributed by atoms with E-state index in [0.717, 1.165) is 0 Å². The molecule has 0 nitrogen and oxygen atoms in total. The first-order valence-corrected chi connectivity index (χ1v) is 10.4. The summed E-state index contributed by atoms with van der Waals surface area (Å²) in [5, 5.41) is -4.07. The zero-order valence-electron chi connectivity index (χ0n) is 16.2. The van der Waals surface area contributed by atoms with Crippen LogP contribution in [0.5, 0.6) is 0 Å². The molecule has 0 rings (SSSR count). The highest BCUT2D eigenvalue weighted by Crippen LogP contribution is 2.83. The van der Waals surface area contributed by atoms with Gasteiger partial charge in [-0.05, 0) is 36.5 Å². The highest BCUT2D eigenvalue weighted by molar-refractivity contribution is 7.79. The van der Waals surface area contributed by atoms with Gasteiger partial charge in [0.1, 0.15) is 0 Å². The summed E-state index contributed by atoms with van der Waals surface area (Å²) in [4.78, 5) is 0. The van der Waals surface area contributed by atoms with E-state index in [4.69, 9.17) is 0 Å². The second kappa shape index (κ2) is 5.98. The van der Waals surface area contributed by atoms with Crippen LogP contribution in [0.25, 0.3) is 0 Å². The lowest BCUT2D eigenvalue weighted by molar-refractivity contribution is 0.184. The molecule has 0 fully saturated rings. The second-order valence-corrected chi connectivity index (χ2v) is 18.0. The van der Waals surface area contributed by atoms with Crippen molar-refractivity contribution >= 4 is 15.8 Å². The van der Waals surface area contributed by atoms with Gasteiger partial charge in [-0.2, -0.15) is 8.78 Å². The van der Waals surface area contributed by atoms with Gasteiger partial charge in [0.15, 0.2) is 0 Å². The third-order valence-corrected chi connectivity index (χ3v) is 10.9. The zero-order valence-corrected chi connectivity index (χ0v) is 17.9. The van der Waals surface area contributed by atoms with E-state index in [0.29, 0.717) is 0 Å². The molecule has 0 amide bonds. The molecule has 128 valence electrons. The van der Waals surface area contributed by atoms with Crippen molar-refractivity contribution in [2.75, 3.05) is 0 Å². The Balaban J connectivity index is 6.21. The molecule has 21 heavy (non-hydrogen) atoms. The summed E-state index contributed by atoms with van der Waals surface area (Å²) in [6.07, 6.45) is 0. The predicted molar refractivity (Wildman–Crippen MR) is 97.8 cm³/mol. The van der Waals surface area contributed by atoms with Gasteiger partial charge in [-0.15, -0.1) is 0 Å². The largest absolute Gasteiger partial charge is 0.282 e. The molecule has 0 saturated heterocycles. The van der Waals surface area contributed by atoms with Crippen LogP contribution in [0, 0.1) is 0 Å². The maximum atomic E-state index is 15.8. The maximum Gasteiger partial charge on any atom is 0.282 e. The van der Waals surface area contributed by atoms with Gasteiger partial charge in [0, 0.05) is 0 Å². The number of rotatable bonds is 2. The lowest BCUT2D eigenvalue weighted by Crippen LogP contribution is -2.41. The lowest BCUT2D eigenvalue weighted by atomic mass is 10.2. The van der Waals surface area contributed by atoms with E-state index in [9.17, 15) is 0 Å². The standard InChI is InChI=1S/C17H36F2P2/c1-13(2,3)20(14(4,5)6)17(18,19)21(15(7,8)9)16(10,11)12/h1-12H3. The van der Waals surface area contributed by atoms with E-state index in [1.807, 2.05) is 83.1 Å². The van der Waals surface area contributed by atoms with E-state index in [1.54, 1.807) is 0 Å². The lowest BCUT2D eigenvalue weighted by Gasteiger charge is -2.54. The Kier molecular flexibility index (Phi) is 6.18. The molecule has 0 bridgehead atoms. The zero-order chi connectivity index (χ0) is 17.7. The van der Waals surface area contributed by atoms with Crippen LogP contribution in [-0.2, 0) is 0 Å². The van der Waals surface area contributed by atoms with Crippen LogP contribution in [-0.4, -0.2) is 26.0 Å². The van der Waals surface area contributed by atoms with Gasteiger partial charge < -0.3 is 0 Å². The molecular formula is C17H36F2P2. The summed E-state index contributed by atoms with van der Waals surface area (Å²) >= 11 is 0. The maximum absolute atomic E-state index is 15.8. The van der Waals surface area contributed by atoms with E-state index in [1.165, 1.54) is 0 Å². The van der Waals surface area contributed by atoms with Gasteiger partial charge in [-0.3, -0.25) is 0 Å². The van der Waals surface area contributed by atoms with Crippen LogP contribution < -0.4 is 0 Å². The minimum atomic E-state index is -2.60. The molecule has 0 unspecified atom stereocenters. The number of halogens is 2. The van der Waals surface area contributed by atoms with Crippen molar-refractivity contribution in [1.82, 2.24) is 0 Å². The predicted octanol–water partition coefficient (Wildman–Crippen LogP) is 7.69. The average molecular weight is 340 g/mol. The van der Waals surface area contributed by atoms with Crippen molar-refractivity contribution < 1.29 is 8.78 Å². The van der Waals surface area contributed by atoms with E-state index < -0.39 is 21.2 Å². The summed E-state index contributed by atoms with van der Waals surface area (Å²) < 4.78 is 31.6. The Morgan fingerprint density at radius 1 is 0.429 bits per heavy atom. The fourth-order valence-electron chi connectivity index (χ4n) is 3.73. The first-order valence-electron chi connectivity index (χ1n) is 7.72. The third-order valence-electron chi connectivity index (χ3n) is 3.22. The summed E-state index contributed by atoms with van der Waals surface area (Å²) in [5.41, 5.74) is 0.